The molecule has 4 nitrogen and oxygen atoms in total. The Hall–Kier alpha value is -2.15. The topological polar surface area (TPSA) is 54.9 Å². The van der Waals surface area contributed by atoms with Crippen LogP contribution in [-0.2, 0) is 6.18 Å². The van der Waals surface area contributed by atoms with E-state index in [0.717, 1.165) is 12.1 Å². The summed E-state index contributed by atoms with van der Waals surface area (Å²) in [6, 6.07) is 3.12. The molecule has 110 valence electrons. The molecule has 0 bridgehead atoms. The van der Waals surface area contributed by atoms with Gasteiger partial charge in [-0.15, -0.1) is 0 Å². The molecular weight excluding hydrogens is 307 g/mol. The van der Waals surface area contributed by atoms with Crippen LogP contribution >= 0.6 is 11.6 Å². The zero-order chi connectivity index (χ0) is 15.6. The monoisotopic (exact) mass is 315 g/mol. The first-order valence-electron chi connectivity index (χ1n) is 5.73. The number of aryl methyl sites for hydroxylation is 1. The number of hydrogen-bond donors (Lipinski definition) is 1. The van der Waals surface area contributed by atoms with E-state index in [4.69, 9.17) is 11.6 Å². The van der Waals surface area contributed by atoms with Crippen molar-refractivity contribution in [2.24, 2.45) is 0 Å². The Balaban J connectivity index is 2.36. The molecule has 0 spiro atoms. The predicted octanol–water partition coefficient (Wildman–Crippen LogP) is 3.71. The van der Waals surface area contributed by atoms with Crippen LogP contribution in [0.15, 0.2) is 30.7 Å². The summed E-state index contributed by atoms with van der Waals surface area (Å²) in [4.78, 5) is 19.5. The second-order valence-electron chi connectivity index (χ2n) is 4.16. The lowest BCUT2D eigenvalue weighted by atomic mass is 10.1. The van der Waals surface area contributed by atoms with E-state index in [9.17, 15) is 18.0 Å². The number of nitrogens with zero attached hydrogens (tertiary/aromatic N) is 2. The summed E-state index contributed by atoms with van der Waals surface area (Å²) in [6.45, 7) is 1.56. The fourth-order valence-corrected chi connectivity index (χ4v) is 1.84. The van der Waals surface area contributed by atoms with Crippen LogP contribution in [0.3, 0.4) is 0 Å². The Morgan fingerprint density at radius 1 is 1.33 bits per heavy atom. The Morgan fingerprint density at radius 3 is 2.67 bits per heavy atom. The van der Waals surface area contributed by atoms with Crippen molar-refractivity contribution in [3.63, 3.8) is 0 Å². The van der Waals surface area contributed by atoms with Crippen molar-refractivity contribution in [3.8, 4) is 0 Å². The van der Waals surface area contributed by atoms with Gasteiger partial charge in [0.15, 0.2) is 0 Å². The largest absolute Gasteiger partial charge is 0.418 e. The first kappa shape index (κ1) is 15.2. The number of carbonyl (C=O) groups is 1. The highest BCUT2D eigenvalue weighted by Crippen LogP contribution is 2.36. The molecule has 1 heterocycles. The van der Waals surface area contributed by atoms with Crippen LogP contribution in [0.5, 0.6) is 0 Å². The van der Waals surface area contributed by atoms with Gasteiger partial charge in [0.05, 0.1) is 22.5 Å². The molecule has 2 aromatic rings. The molecule has 1 aromatic heterocycles. The Morgan fingerprint density at radius 2 is 2.05 bits per heavy atom. The number of nitrogens with one attached hydrogen (secondary N) is 1. The predicted molar refractivity (Wildman–Crippen MR) is 71.2 cm³/mol. The van der Waals surface area contributed by atoms with Gasteiger partial charge >= 0.3 is 6.18 Å². The molecule has 0 radical (unpaired) electrons. The van der Waals surface area contributed by atoms with E-state index in [1.807, 2.05) is 0 Å². The summed E-state index contributed by atoms with van der Waals surface area (Å²) in [7, 11) is 0. The summed E-state index contributed by atoms with van der Waals surface area (Å²) in [6.07, 6.45) is -2.15. The van der Waals surface area contributed by atoms with E-state index >= 15 is 0 Å². The van der Waals surface area contributed by atoms with E-state index in [-0.39, 0.29) is 16.3 Å². The van der Waals surface area contributed by atoms with Crippen LogP contribution < -0.4 is 5.32 Å². The van der Waals surface area contributed by atoms with E-state index in [2.05, 4.69) is 15.3 Å². The van der Waals surface area contributed by atoms with Gasteiger partial charge in [-0.1, -0.05) is 11.6 Å². The molecule has 8 heteroatoms. The van der Waals surface area contributed by atoms with Crippen LogP contribution in [0.2, 0.25) is 5.02 Å². The van der Waals surface area contributed by atoms with Gasteiger partial charge in [-0.25, -0.2) is 9.97 Å². The summed E-state index contributed by atoms with van der Waals surface area (Å²) >= 11 is 5.57. The highest BCUT2D eigenvalue weighted by atomic mass is 35.5. The number of alkyl halides is 3. The average molecular weight is 316 g/mol. The number of halogens is 4. The van der Waals surface area contributed by atoms with Crippen molar-refractivity contribution in [1.82, 2.24) is 9.97 Å². The summed E-state index contributed by atoms with van der Waals surface area (Å²) in [5.41, 5.74) is -0.927. The molecule has 0 saturated heterocycles. The SMILES string of the molecule is Cc1ncncc1C(=O)Nc1ccc(Cl)cc1C(F)(F)F. The second-order valence-corrected chi connectivity index (χ2v) is 4.60. The molecule has 0 unspecified atom stereocenters. The van der Waals surface area contributed by atoms with Crippen molar-refractivity contribution >= 4 is 23.2 Å². The number of aromatic nitrogens is 2. The number of anilines is 1. The standard InChI is InChI=1S/C13H9ClF3N3O/c1-7-9(5-18-6-19-7)12(21)20-11-3-2-8(14)4-10(11)13(15,16)17/h2-6H,1H3,(H,20,21). The molecule has 21 heavy (non-hydrogen) atoms. The van der Waals surface area contributed by atoms with Gasteiger partial charge < -0.3 is 5.32 Å². The molecule has 1 N–H and O–H groups in total. The van der Waals surface area contributed by atoms with E-state index in [1.165, 1.54) is 18.6 Å². The molecule has 0 aliphatic rings. The number of benzene rings is 1. The third-order valence-corrected chi connectivity index (χ3v) is 2.93. The lowest BCUT2D eigenvalue weighted by Gasteiger charge is -2.14. The van der Waals surface area contributed by atoms with Gasteiger partial charge in [-0.05, 0) is 25.1 Å². The minimum Gasteiger partial charge on any atom is -0.321 e. The van der Waals surface area contributed by atoms with Gasteiger partial charge in [-0.3, -0.25) is 4.79 Å². The molecule has 2 rings (SSSR count). The molecule has 0 atom stereocenters. The van der Waals surface area contributed by atoms with Gasteiger partial charge in [0, 0.05) is 11.2 Å². The molecular formula is C13H9ClF3N3O. The van der Waals surface area contributed by atoms with Crippen LogP contribution in [0.25, 0.3) is 0 Å². The van der Waals surface area contributed by atoms with Gasteiger partial charge in [0.25, 0.3) is 5.91 Å². The molecule has 1 aromatic carbocycles. The molecule has 0 fully saturated rings. The Labute approximate surface area is 123 Å². The molecule has 1 amide bonds. The third-order valence-electron chi connectivity index (χ3n) is 2.69. The van der Waals surface area contributed by atoms with Crippen molar-refractivity contribution in [2.45, 2.75) is 13.1 Å². The highest BCUT2D eigenvalue weighted by Gasteiger charge is 2.34. The zero-order valence-electron chi connectivity index (χ0n) is 10.7. The number of hydrogen-bond acceptors (Lipinski definition) is 3. The van der Waals surface area contributed by atoms with Crippen LogP contribution in [0.4, 0.5) is 18.9 Å². The van der Waals surface area contributed by atoms with Crippen molar-refractivity contribution < 1.29 is 18.0 Å². The van der Waals surface area contributed by atoms with Crippen molar-refractivity contribution in [1.29, 1.82) is 0 Å². The average Bonchev–Trinajstić information content (AvgIpc) is 2.40. The molecule has 0 saturated carbocycles. The summed E-state index contributed by atoms with van der Waals surface area (Å²) in [5, 5.41) is 2.13. The zero-order valence-corrected chi connectivity index (χ0v) is 11.5. The van der Waals surface area contributed by atoms with Gasteiger partial charge in [0.1, 0.15) is 6.33 Å². The minimum atomic E-state index is -4.63. The quantitative estimate of drug-likeness (QED) is 0.919. The molecule has 0 aliphatic heterocycles. The normalized spacial score (nSPS) is 11.3. The van der Waals surface area contributed by atoms with E-state index in [1.54, 1.807) is 6.92 Å². The van der Waals surface area contributed by atoms with Gasteiger partial charge in [0.2, 0.25) is 0 Å². The van der Waals surface area contributed by atoms with Crippen LogP contribution in [0, 0.1) is 6.92 Å². The number of amides is 1. The van der Waals surface area contributed by atoms with Gasteiger partial charge in [-0.2, -0.15) is 13.2 Å². The maximum absolute atomic E-state index is 12.9. The maximum atomic E-state index is 12.9. The van der Waals surface area contributed by atoms with Crippen LogP contribution in [-0.4, -0.2) is 15.9 Å². The molecule has 0 aliphatic carbocycles. The van der Waals surface area contributed by atoms with Crippen LogP contribution in [0.1, 0.15) is 21.6 Å². The fourth-order valence-electron chi connectivity index (χ4n) is 1.66. The minimum absolute atomic E-state index is 0.0699. The lowest BCUT2D eigenvalue weighted by Crippen LogP contribution is -2.18. The Kier molecular flexibility index (Phi) is 4.13. The number of rotatable bonds is 2. The summed E-state index contributed by atoms with van der Waals surface area (Å²) < 4.78 is 38.8. The van der Waals surface area contributed by atoms with Crippen molar-refractivity contribution in [3.05, 3.63) is 52.6 Å². The number of carbonyl (C=O) groups excluding carboxylic acids is 1. The smallest absolute Gasteiger partial charge is 0.321 e. The van der Waals surface area contributed by atoms with E-state index in [0.29, 0.717) is 5.69 Å². The lowest BCUT2D eigenvalue weighted by molar-refractivity contribution is -0.136. The van der Waals surface area contributed by atoms with E-state index < -0.39 is 17.6 Å². The second kappa shape index (κ2) is 5.69. The Bertz CT molecular complexity index is 689. The highest BCUT2D eigenvalue weighted by molar-refractivity contribution is 6.30. The maximum Gasteiger partial charge on any atom is 0.418 e. The third kappa shape index (κ3) is 3.49. The first-order valence-corrected chi connectivity index (χ1v) is 6.11. The van der Waals surface area contributed by atoms with Crippen molar-refractivity contribution in [2.75, 3.05) is 5.32 Å². The summed E-state index contributed by atoms with van der Waals surface area (Å²) in [5.74, 6) is -0.721. The fraction of sp³-hybridized carbons (Fsp3) is 0.154. The first-order chi connectivity index (χ1) is 9.79.